The fraction of sp³-hybridized carbons (Fsp3) is 0.0690. The van der Waals surface area contributed by atoms with Gasteiger partial charge in [0.25, 0.3) is 0 Å². The summed E-state index contributed by atoms with van der Waals surface area (Å²) in [4.78, 5) is 2.54. The van der Waals surface area contributed by atoms with Crippen LogP contribution < -0.4 is 4.90 Å². The number of fused-ring (bicyclic) bond motifs is 16. The zero-order valence-corrected chi connectivity index (χ0v) is 33.4. The number of hydrogen-bond acceptors (Lipinski definition) is 2. The van der Waals surface area contributed by atoms with E-state index in [1.54, 1.807) is 0 Å². The van der Waals surface area contributed by atoms with Gasteiger partial charge in [-0.2, -0.15) is 0 Å². The normalized spacial score (nSPS) is 16.0. The second kappa shape index (κ2) is 12.1. The molecule has 13 rings (SSSR count). The van der Waals surface area contributed by atoms with Crippen molar-refractivity contribution in [3.63, 3.8) is 0 Å². The monoisotopic (exact) mass is 765 g/mol. The van der Waals surface area contributed by atoms with Crippen LogP contribution in [0.3, 0.4) is 0 Å². The van der Waals surface area contributed by atoms with Crippen LogP contribution in [-0.2, 0) is 10.8 Å². The fourth-order valence-electron chi connectivity index (χ4n) is 11.4. The molecule has 1 aromatic heterocycles. The standard InChI is InChI=1S/C58H39NO/c1-57(2)47-25-11-6-20-39(47)43-24-16-29-53(56(43)57)59(52-28-14-9-19-38(52)36-17-4-3-5-18-36)37-31-32-50-44(33-37)40-21-7-12-26-48(40)58(50)49-27-13-8-22-41(49)45-34-46-42-23-10-15-30-54(42)60-55(46)35-51(45)58/h3-35H,1-2H3. The molecule has 0 fully saturated rings. The Morgan fingerprint density at radius 3 is 1.70 bits per heavy atom. The van der Waals surface area contributed by atoms with E-state index in [1.165, 1.54) is 83.6 Å². The van der Waals surface area contributed by atoms with Crippen LogP contribution in [0.2, 0.25) is 0 Å². The van der Waals surface area contributed by atoms with Gasteiger partial charge in [0.2, 0.25) is 0 Å². The van der Waals surface area contributed by atoms with Crippen LogP contribution in [-0.4, -0.2) is 0 Å². The van der Waals surface area contributed by atoms with Gasteiger partial charge in [0.15, 0.2) is 0 Å². The third-order valence-electron chi connectivity index (χ3n) is 13.9. The van der Waals surface area contributed by atoms with Crippen LogP contribution in [0.1, 0.15) is 47.2 Å². The Hall–Kier alpha value is -7.42. The second-order valence-corrected chi connectivity index (χ2v) is 17.2. The van der Waals surface area contributed by atoms with Gasteiger partial charge in [0.05, 0.1) is 16.8 Å². The first-order chi connectivity index (χ1) is 29.5. The van der Waals surface area contributed by atoms with Crippen molar-refractivity contribution in [3.05, 3.63) is 234 Å². The molecule has 0 aliphatic heterocycles. The van der Waals surface area contributed by atoms with Gasteiger partial charge in [-0.25, -0.2) is 0 Å². The molecule has 0 saturated heterocycles. The van der Waals surface area contributed by atoms with E-state index in [0.29, 0.717) is 0 Å². The summed E-state index contributed by atoms with van der Waals surface area (Å²) >= 11 is 0. The molecular formula is C58H39NO. The lowest BCUT2D eigenvalue weighted by atomic mass is 9.70. The summed E-state index contributed by atoms with van der Waals surface area (Å²) in [6.07, 6.45) is 0. The second-order valence-electron chi connectivity index (χ2n) is 17.2. The van der Waals surface area contributed by atoms with Gasteiger partial charge in [0, 0.05) is 27.4 Å². The molecule has 10 aromatic rings. The molecule has 1 heterocycles. The number of benzene rings is 9. The average molecular weight is 766 g/mol. The highest BCUT2D eigenvalue weighted by Gasteiger charge is 2.52. The van der Waals surface area contributed by atoms with Crippen molar-refractivity contribution < 1.29 is 4.42 Å². The van der Waals surface area contributed by atoms with Crippen LogP contribution in [0, 0.1) is 0 Å². The summed E-state index contributed by atoms with van der Waals surface area (Å²) in [7, 11) is 0. The predicted molar refractivity (Wildman–Crippen MR) is 248 cm³/mol. The molecule has 282 valence electrons. The van der Waals surface area contributed by atoms with E-state index in [1.807, 2.05) is 0 Å². The van der Waals surface area contributed by atoms with Gasteiger partial charge >= 0.3 is 0 Å². The van der Waals surface area contributed by atoms with Gasteiger partial charge in [-0.3, -0.25) is 0 Å². The van der Waals surface area contributed by atoms with Crippen molar-refractivity contribution in [1.82, 2.24) is 0 Å². The van der Waals surface area contributed by atoms with Crippen molar-refractivity contribution in [1.29, 1.82) is 0 Å². The molecule has 0 amide bonds. The third-order valence-corrected chi connectivity index (χ3v) is 13.9. The molecule has 3 aliphatic rings. The Kier molecular flexibility index (Phi) is 6.74. The van der Waals surface area contributed by atoms with Crippen LogP contribution in [0.5, 0.6) is 0 Å². The molecule has 0 N–H and O–H groups in total. The summed E-state index contributed by atoms with van der Waals surface area (Å²) < 4.78 is 6.62. The highest BCUT2D eigenvalue weighted by atomic mass is 16.3. The van der Waals surface area contributed by atoms with Crippen LogP contribution >= 0.6 is 0 Å². The Morgan fingerprint density at radius 2 is 0.933 bits per heavy atom. The van der Waals surface area contributed by atoms with E-state index >= 15 is 0 Å². The molecule has 0 saturated carbocycles. The molecule has 3 aliphatic carbocycles. The minimum atomic E-state index is -0.506. The number of furan rings is 1. The van der Waals surface area contributed by atoms with E-state index < -0.39 is 5.41 Å². The third kappa shape index (κ3) is 4.27. The number of hydrogen-bond donors (Lipinski definition) is 0. The van der Waals surface area contributed by atoms with E-state index in [4.69, 9.17) is 4.42 Å². The van der Waals surface area contributed by atoms with Crippen molar-refractivity contribution >= 4 is 39.0 Å². The molecule has 60 heavy (non-hydrogen) atoms. The lowest BCUT2D eigenvalue weighted by Gasteiger charge is -2.34. The lowest BCUT2D eigenvalue weighted by molar-refractivity contribution is 0.661. The number of rotatable bonds is 4. The van der Waals surface area contributed by atoms with E-state index in [9.17, 15) is 0 Å². The number of nitrogens with zero attached hydrogens (tertiary/aromatic N) is 1. The molecular weight excluding hydrogens is 727 g/mol. The first kappa shape index (κ1) is 33.5. The molecule has 2 heteroatoms. The quantitative estimate of drug-likeness (QED) is 0.177. The minimum absolute atomic E-state index is 0.213. The van der Waals surface area contributed by atoms with E-state index in [-0.39, 0.29) is 5.41 Å². The summed E-state index contributed by atoms with van der Waals surface area (Å²) in [5, 5.41) is 2.31. The van der Waals surface area contributed by atoms with Gasteiger partial charge < -0.3 is 9.32 Å². The van der Waals surface area contributed by atoms with Crippen molar-refractivity contribution in [2.24, 2.45) is 0 Å². The largest absolute Gasteiger partial charge is 0.456 e. The van der Waals surface area contributed by atoms with Gasteiger partial charge in [0.1, 0.15) is 11.2 Å². The maximum absolute atomic E-state index is 6.62. The predicted octanol–water partition coefficient (Wildman–Crippen LogP) is 15.4. The van der Waals surface area contributed by atoms with Crippen molar-refractivity contribution in [3.8, 4) is 44.5 Å². The Bertz CT molecular complexity index is 3420. The van der Waals surface area contributed by atoms with Crippen LogP contribution in [0.25, 0.3) is 66.4 Å². The number of anilines is 3. The summed E-state index contributed by atoms with van der Waals surface area (Å²) in [5.74, 6) is 0. The smallest absolute Gasteiger partial charge is 0.135 e. The Balaban J connectivity index is 1.10. The minimum Gasteiger partial charge on any atom is -0.456 e. The van der Waals surface area contributed by atoms with Gasteiger partial charge in [-0.1, -0.05) is 172 Å². The molecule has 1 spiro atoms. The van der Waals surface area contributed by atoms with E-state index in [0.717, 1.165) is 33.3 Å². The first-order valence-corrected chi connectivity index (χ1v) is 21.0. The molecule has 1 atom stereocenters. The summed E-state index contributed by atoms with van der Waals surface area (Å²) in [6.45, 7) is 4.78. The molecule has 0 radical (unpaired) electrons. The Morgan fingerprint density at radius 1 is 0.367 bits per heavy atom. The van der Waals surface area contributed by atoms with Gasteiger partial charge in [-0.05, 0) is 115 Å². The fourth-order valence-corrected chi connectivity index (χ4v) is 11.4. The summed E-state index contributed by atoms with van der Waals surface area (Å²) in [5.41, 5.74) is 22.6. The molecule has 2 nitrogen and oxygen atoms in total. The maximum atomic E-state index is 6.62. The van der Waals surface area contributed by atoms with Crippen molar-refractivity contribution in [2.75, 3.05) is 4.90 Å². The zero-order chi connectivity index (χ0) is 39.7. The van der Waals surface area contributed by atoms with Gasteiger partial charge in [-0.15, -0.1) is 0 Å². The number of para-hydroxylation sites is 2. The topological polar surface area (TPSA) is 16.4 Å². The van der Waals surface area contributed by atoms with E-state index in [2.05, 4.69) is 219 Å². The average Bonchev–Trinajstić information content (AvgIpc) is 3.98. The zero-order valence-electron chi connectivity index (χ0n) is 33.4. The van der Waals surface area contributed by atoms with Crippen LogP contribution in [0.4, 0.5) is 17.1 Å². The Labute approximate surface area is 349 Å². The highest BCUT2D eigenvalue weighted by molar-refractivity contribution is 6.09. The SMILES string of the molecule is CC1(C)c2ccccc2-c2cccc(N(c3ccc4c(c3)-c3ccccc3C43c4ccccc4-c4cc5c(cc43)oc3ccccc35)c3ccccc3-c3ccccc3)c21. The molecule has 1 unspecified atom stereocenters. The maximum Gasteiger partial charge on any atom is 0.135 e. The highest BCUT2D eigenvalue weighted by Crippen LogP contribution is 2.64. The van der Waals surface area contributed by atoms with Crippen LogP contribution in [0.15, 0.2) is 205 Å². The first-order valence-electron chi connectivity index (χ1n) is 21.0. The lowest BCUT2D eigenvalue weighted by Crippen LogP contribution is -2.26. The molecule has 9 aromatic carbocycles. The summed E-state index contributed by atoms with van der Waals surface area (Å²) in [6, 6.07) is 74.1. The molecule has 0 bridgehead atoms. The van der Waals surface area contributed by atoms with Crippen molar-refractivity contribution in [2.45, 2.75) is 24.7 Å².